The van der Waals surface area contributed by atoms with Crippen molar-refractivity contribution in [2.24, 2.45) is 0 Å². The molecule has 3 heteroatoms. The van der Waals surface area contributed by atoms with E-state index in [1.165, 1.54) is 5.56 Å². The summed E-state index contributed by atoms with van der Waals surface area (Å²) in [5.74, 6) is 0.250. The Labute approximate surface area is 118 Å². The number of hydrogen-bond acceptors (Lipinski definition) is 1. The monoisotopic (exact) mass is 275 g/mol. The molecule has 0 N–H and O–H groups in total. The van der Waals surface area contributed by atoms with E-state index >= 15 is 0 Å². The van der Waals surface area contributed by atoms with E-state index in [0.29, 0.717) is 5.56 Å². The lowest BCUT2D eigenvalue weighted by molar-refractivity contribution is 0.582. The number of benzene rings is 1. The van der Waals surface area contributed by atoms with Crippen LogP contribution >= 0.6 is 11.6 Å². The van der Waals surface area contributed by atoms with E-state index in [9.17, 15) is 4.79 Å². The van der Waals surface area contributed by atoms with Gasteiger partial charge in [-0.15, -0.1) is 11.6 Å². The van der Waals surface area contributed by atoms with Gasteiger partial charge >= 0.3 is 0 Å². The molecule has 0 unspecified atom stereocenters. The Hall–Kier alpha value is -1.54. The number of rotatable bonds is 3. The number of nitrogens with zero attached hydrogens (tertiary/aromatic N) is 1. The summed E-state index contributed by atoms with van der Waals surface area (Å²) in [6.45, 7) is 6.07. The van der Waals surface area contributed by atoms with Crippen molar-refractivity contribution in [3.8, 4) is 11.3 Å². The van der Waals surface area contributed by atoms with Crippen molar-refractivity contribution in [2.45, 2.75) is 32.7 Å². The fraction of sp³-hybridized carbons (Fsp3) is 0.312. The van der Waals surface area contributed by atoms with Crippen LogP contribution in [-0.4, -0.2) is 4.57 Å². The van der Waals surface area contributed by atoms with Gasteiger partial charge in [0, 0.05) is 11.6 Å². The Morgan fingerprint density at radius 1 is 1.11 bits per heavy atom. The molecule has 1 heterocycles. The number of hydrogen-bond donors (Lipinski definition) is 0. The molecule has 2 rings (SSSR count). The van der Waals surface area contributed by atoms with Crippen molar-refractivity contribution in [2.75, 3.05) is 0 Å². The molecule has 0 fully saturated rings. The Balaban J connectivity index is 2.67. The summed E-state index contributed by atoms with van der Waals surface area (Å²) in [7, 11) is 0. The van der Waals surface area contributed by atoms with Crippen molar-refractivity contribution in [1.29, 1.82) is 0 Å². The summed E-state index contributed by atoms with van der Waals surface area (Å²) in [5.41, 5.74) is 3.85. The fourth-order valence-corrected chi connectivity index (χ4v) is 2.37. The lowest BCUT2D eigenvalue weighted by atomic mass is 10.1. The molecule has 0 amide bonds. The van der Waals surface area contributed by atoms with Gasteiger partial charge in [-0.3, -0.25) is 4.79 Å². The van der Waals surface area contributed by atoms with E-state index < -0.39 is 0 Å². The highest BCUT2D eigenvalue weighted by Crippen LogP contribution is 2.22. The van der Waals surface area contributed by atoms with Gasteiger partial charge in [0.05, 0.1) is 11.6 Å². The van der Waals surface area contributed by atoms with Crippen LogP contribution in [0.15, 0.2) is 41.2 Å². The minimum Gasteiger partial charge on any atom is -0.306 e. The minimum absolute atomic E-state index is 0.00285. The largest absolute Gasteiger partial charge is 0.306 e. The number of aryl methyl sites for hydroxylation is 1. The van der Waals surface area contributed by atoms with E-state index in [4.69, 9.17) is 11.6 Å². The van der Waals surface area contributed by atoms with Crippen LogP contribution in [0, 0.1) is 6.92 Å². The molecule has 1 aromatic carbocycles. The van der Waals surface area contributed by atoms with Crippen LogP contribution < -0.4 is 5.56 Å². The third kappa shape index (κ3) is 2.74. The highest BCUT2D eigenvalue weighted by atomic mass is 35.5. The minimum atomic E-state index is 0.00285. The summed E-state index contributed by atoms with van der Waals surface area (Å²) in [4.78, 5) is 12.4. The Bertz CT molecular complexity index is 626. The van der Waals surface area contributed by atoms with Crippen LogP contribution in [0.5, 0.6) is 0 Å². The van der Waals surface area contributed by atoms with E-state index in [2.05, 4.69) is 19.1 Å². The topological polar surface area (TPSA) is 22.0 Å². The maximum absolute atomic E-state index is 12.4. The first-order valence-corrected chi connectivity index (χ1v) is 6.95. The van der Waals surface area contributed by atoms with Gasteiger partial charge in [-0.25, -0.2) is 0 Å². The first kappa shape index (κ1) is 13.9. The number of pyridine rings is 1. The van der Waals surface area contributed by atoms with E-state index in [1.807, 2.05) is 42.7 Å². The molecule has 0 radical (unpaired) electrons. The second-order valence-corrected chi connectivity index (χ2v) is 5.28. The average Bonchev–Trinajstić information content (AvgIpc) is 2.38. The molecule has 1 aromatic heterocycles. The van der Waals surface area contributed by atoms with Crippen molar-refractivity contribution in [3.63, 3.8) is 0 Å². The lowest BCUT2D eigenvalue weighted by Gasteiger charge is -2.17. The highest BCUT2D eigenvalue weighted by molar-refractivity contribution is 6.17. The second kappa shape index (κ2) is 5.62. The first-order chi connectivity index (χ1) is 9.04. The van der Waals surface area contributed by atoms with Gasteiger partial charge < -0.3 is 4.57 Å². The zero-order valence-corrected chi connectivity index (χ0v) is 12.2. The maximum atomic E-state index is 12.4. The summed E-state index contributed by atoms with van der Waals surface area (Å²) in [6, 6.07) is 12.1. The Morgan fingerprint density at radius 2 is 1.74 bits per heavy atom. The van der Waals surface area contributed by atoms with Crippen molar-refractivity contribution in [1.82, 2.24) is 4.57 Å². The molecule has 100 valence electrons. The van der Waals surface area contributed by atoms with Crippen LogP contribution in [0.2, 0.25) is 0 Å². The van der Waals surface area contributed by atoms with E-state index in [1.54, 1.807) is 0 Å². The number of halogens is 1. The SMILES string of the molecule is Cc1ccc(-c2ccc(CCl)c(=O)n2C(C)C)cc1. The standard InChI is InChI=1S/C16H18ClNO/c1-11(2)18-15(9-8-14(10-17)16(18)19)13-6-4-12(3)5-7-13/h4-9,11H,10H2,1-3H3. The lowest BCUT2D eigenvalue weighted by Crippen LogP contribution is -2.26. The predicted octanol–water partition coefficient (Wildman–Crippen LogP) is 4.14. The molecular weight excluding hydrogens is 258 g/mol. The van der Waals surface area contributed by atoms with Crippen LogP contribution in [0.25, 0.3) is 11.3 Å². The third-order valence-corrected chi connectivity index (χ3v) is 3.49. The molecule has 2 aromatic rings. The number of aromatic nitrogens is 1. The average molecular weight is 276 g/mol. The molecule has 0 atom stereocenters. The third-order valence-electron chi connectivity index (χ3n) is 3.20. The fourth-order valence-electron chi connectivity index (χ4n) is 2.17. The molecule has 19 heavy (non-hydrogen) atoms. The van der Waals surface area contributed by atoms with Gasteiger partial charge in [-0.2, -0.15) is 0 Å². The van der Waals surface area contributed by atoms with Gasteiger partial charge in [-0.1, -0.05) is 35.9 Å². The summed E-state index contributed by atoms with van der Waals surface area (Å²) in [6.07, 6.45) is 0. The second-order valence-electron chi connectivity index (χ2n) is 5.01. The quantitative estimate of drug-likeness (QED) is 0.772. The number of alkyl halides is 1. The highest BCUT2D eigenvalue weighted by Gasteiger charge is 2.12. The molecule has 0 bridgehead atoms. The molecule has 0 saturated carbocycles. The van der Waals surface area contributed by atoms with E-state index in [-0.39, 0.29) is 17.5 Å². The zero-order chi connectivity index (χ0) is 14.0. The molecule has 0 aliphatic carbocycles. The van der Waals surface area contributed by atoms with Crippen molar-refractivity contribution < 1.29 is 0 Å². The van der Waals surface area contributed by atoms with Gasteiger partial charge in [0.25, 0.3) is 5.56 Å². The van der Waals surface area contributed by atoms with Gasteiger partial charge in [-0.05, 0) is 32.4 Å². The van der Waals surface area contributed by atoms with E-state index in [0.717, 1.165) is 11.3 Å². The maximum Gasteiger partial charge on any atom is 0.255 e. The van der Waals surface area contributed by atoms with Crippen LogP contribution in [0.1, 0.15) is 31.0 Å². The normalized spacial score (nSPS) is 11.0. The van der Waals surface area contributed by atoms with Gasteiger partial charge in [0.15, 0.2) is 0 Å². The molecule has 0 saturated heterocycles. The van der Waals surface area contributed by atoms with Gasteiger partial charge in [0.1, 0.15) is 0 Å². The predicted molar refractivity (Wildman–Crippen MR) is 80.8 cm³/mol. The van der Waals surface area contributed by atoms with Crippen LogP contribution in [0.3, 0.4) is 0 Å². The van der Waals surface area contributed by atoms with Crippen molar-refractivity contribution in [3.05, 3.63) is 57.9 Å². The molecular formula is C16H18ClNO. The van der Waals surface area contributed by atoms with Gasteiger partial charge in [0.2, 0.25) is 0 Å². The molecule has 0 aliphatic heterocycles. The molecule has 0 spiro atoms. The summed E-state index contributed by atoms with van der Waals surface area (Å²) in [5, 5.41) is 0. The molecule has 0 aliphatic rings. The van der Waals surface area contributed by atoms with Crippen LogP contribution in [-0.2, 0) is 5.88 Å². The summed E-state index contributed by atoms with van der Waals surface area (Å²) >= 11 is 5.81. The zero-order valence-electron chi connectivity index (χ0n) is 11.5. The first-order valence-electron chi connectivity index (χ1n) is 6.42. The Morgan fingerprint density at radius 3 is 2.26 bits per heavy atom. The van der Waals surface area contributed by atoms with Crippen LogP contribution in [0.4, 0.5) is 0 Å². The molecule has 2 nitrogen and oxygen atoms in total. The smallest absolute Gasteiger partial charge is 0.255 e. The Kier molecular flexibility index (Phi) is 4.11. The summed E-state index contributed by atoms with van der Waals surface area (Å²) < 4.78 is 1.81. The van der Waals surface area contributed by atoms with Crippen molar-refractivity contribution >= 4 is 11.6 Å².